The van der Waals surface area contributed by atoms with Gasteiger partial charge >= 0.3 is 0 Å². The molecule has 1 aromatic carbocycles. The van der Waals surface area contributed by atoms with Gasteiger partial charge in [-0.1, -0.05) is 13.8 Å². The average Bonchev–Trinajstić information content (AvgIpc) is 3.08. The molecule has 0 bridgehead atoms. The number of benzene rings is 1. The molecule has 2 aromatic rings. The number of carbonyl (C=O) groups excluding carboxylic acids is 1. The summed E-state index contributed by atoms with van der Waals surface area (Å²) in [6.07, 6.45) is 0.786. The first-order valence-electron chi connectivity index (χ1n) is 8.31. The molecule has 134 valence electrons. The SMILES string of the molecule is COc1cc2c(cc1OC)CN(C(=O)Cn1nnnc1C(C)C)CC2. The molecule has 0 radical (unpaired) electrons. The molecule has 1 aromatic heterocycles. The number of hydrogen-bond donors (Lipinski definition) is 0. The average molecular weight is 345 g/mol. The summed E-state index contributed by atoms with van der Waals surface area (Å²) in [5, 5.41) is 11.6. The highest BCUT2D eigenvalue weighted by Crippen LogP contribution is 2.33. The lowest BCUT2D eigenvalue weighted by molar-refractivity contribution is -0.133. The van der Waals surface area contributed by atoms with Crippen molar-refractivity contribution in [3.63, 3.8) is 0 Å². The van der Waals surface area contributed by atoms with E-state index in [0.29, 0.717) is 18.8 Å². The second-order valence-corrected chi connectivity index (χ2v) is 6.39. The van der Waals surface area contributed by atoms with Crippen LogP contribution in [0, 0.1) is 0 Å². The van der Waals surface area contributed by atoms with E-state index in [-0.39, 0.29) is 18.4 Å². The van der Waals surface area contributed by atoms with Crippen molar-refractivity contribution in [2.45, 2.75) is 39.3 Å². The Balaban J connectivity index is 1.75. The normalized spacial score (nSPS) is 13.7. The topological polar surface area (TPSA) is 82.4 Å². The van der Waals surface area contributed by atoms with Gasteiger partial charge in [0.05, 0.1) is 14.2 Å². The molecule has 1 amide bonds. The van der Waals surface area contributed by atoms with E-state index in [4.69, 9.17) is 9.47 Å². The van der Waals surface area contributed by atoms with E-state index < -0.39 is 0 Å². The zero-order chi connectivity index (χ0) is 18.0. The predicted octanol–water partition coefficient (Wildman–Crippen LogP) is 1.40. The highest BCUT2D eigenvalue weighted by atomic mass is 16.5. The van der Waals surface area contributed by atoms with Crippen LogP contribution < -0.4 is 9.47 Å². The van der Waals surface area contributed by atoms with Gasteiger partial charge in [0.15, 0.2) is 17.3 Å². The fourth-order valence-electron chi connectivity index (χ4n) is 3.06. The molecule has 2 heterocycles. The molecule has 0 N–H and O–H groups in total. The third-order valence-electron chi connectivity index (χ3n) is 4.43. The molecule has 1 aliphatic rings. The van der Waals surface area contributed by atoms with Crippen LogP contribution in [0.25, 0.3) is 0 Å². The van der Waals surface area contributed by atoms with Crippen LogP contribution in [0.2, 0.25) is 0 Å². The lowest BCUT2D eigenvalue weighted by Gasteiger charge is -2.29. The predicted molar refractivity (Wildman–Crippen MR) is 90.6 cm³/mol. The first-order valence-corrected chi connectivity index (χ1v) is 8.31. The molecule has 0 saturated heterocycles. The molecule has 0 fully saturated rings. The summed E-state index contributed by atoms with van der Waals surface area (Å²) in [4.78, 5) is 14.5. The maximum Gasteiger partial charge on any atom is 0.244 e. The highest BCUT2D eigenvalue weighted by Gasteiger charge is 2.24. The minimum atomic E-state index is 0.00892. The summed E-state index contributed by atoms with van der Waals surface area (Å²) in [5.41, 5.74) is 2.27. The van der Waals surface area contributed by atoms with Gasteiger partial charge in [-0.05, 0) is 40.1 Å². The summed E-state index contributed by atoms with van der Waals surface area (Å²) in [7, 11) is 3.24. The molecular formula is C17H23N5O3. The Morgan fingerprint density at radius 2 is 1.88 bits per heavy atom. The first kappa shape index (κ1) is 17.2. The number of carbonyl (C=O) groups is 1. The van der Waals surface area contributed by atoms with E-state index in [1.807, 2.05) is 30.9 Å². The van der Waals surface area contributed by atoms with Crippen molar-refractivity contribution in [2.75, 3.05) is 20.8 Å². The third-order valence-corrected chi connectivity index (χ3v) is 4.43. The summed E-state index contributed by atoms with van der Waals surface area (Å²) in [6.45, 7) is 5.38. The molecule has 0 unspecified atom stereocenters. The summed E-state index contributed by atoms with van der Waals surface area (Å²) < 4.78 is 12.3. The van der Waals surface area contributed by atoms with Crippen molar-refractivity contribution >= 4 is 5.91 Å². The van der Waals surface area contributed by atoms with Gasteiger partial charge in [0, 0.05) is 19.0 Å². The number of aromatic nitrogens is 4. The highest BCUT2D eigenvalue weighted by molar-refractivity contribution is 5.76. The number of amides is 1. The summed E-state index contributed by atoms with van der Waals surface area (Å²) in [6, 6.07) is 3.94. The quantitative estimate of drug-likeness (QED) is 0.815. The summed E-state index contributed by atoms with van der Waals surface area (Å²) >= 11 is 0. The van der Waals surface area contributed by atoms with E-state index >= 15 is 0 Å². The monoisotopic (exact) mass is 345 g/mol. The molecular weight excluding hydrogens is 322 g/mol. The van der Waals surface area contributed by atoms with Crippen molar-refractivity contribution in [3.8, 4) is 11.5 Å². The largest absolute Gasteiger partial charge is 0.493 e. The summed E-state index contributed by atoms with van der Waals surface area (Å²) in [5.74, 6) is 2.29. The van der Waals surface area contributed by atoms with E-state index in [1.165, 1.54) is 5.56 Å². The second-order valence-electron chi connectivity index (χ2n) is 6.39. The van der Waals surface area contributed by atoms with E-state index in [1.54, 1.807) is 18.9 Å². The van der Waals surface area contributed by atoms with Gasteiger partial charge in [-0.25, -0.2) is 4.68 Å². The van der Waals surface area contributed by atoms with Gasteiger partial charge in [-0.3, -0.25) is 4.79 Å². The molecule has 25 heavy (non-hydrogen) atoms. The number of methoxy groups -OCH3 is 2. The molecule has 3 rings (SSSR count). The fourth-order valence-corrected chi connectivity index (χ4v) is 3.06. The van der Waals surface area contributed by atoms with Gasteiger partial charge in [0.25, 0.3) is 0 Å². The lowest BCUT2D eigenvalue weighted by Crippen LogP contribution is -2.38. The van der Waals surface area contributed by atoms with Gasteiger partial charge < -0.3 is 14.4 Å². The van der Waals surface area contributed by atoms with Gasteiger partial charge in [-0.2, -0.15) is 0 Å². The third kappa shape index (κ3) is 3.42. The molecule has 0 spiro atoms. The Bertz CT molecular complexity index is 772. The van der Waals surface area contributed by atoms with Gasteiger partial charge in [0.2, 0.25) is 5.91 Å². The van der Waals surface area contributed by atoms with Gasteiger partial charge in [0.1, 0.15) is 6.54 Å². The van der Waals surface area contributed by atoms with Crippen LogP contribution in [0.1, 0.15) is 36.7 Å². The molecule has 0 aliphatic carbocycles. The van der Waals surface area contributed by atoms with Crippen LogP contribution in [-0.2, 0) is 24.3 Å². The minimum Gasteiger partial charge on any atom is -0.493 e. The van der Waals surface area contributed by atoms with Crippen LogP contribution in [0.4, 0.5) is 0 Å². The van der Waals surface area contributed by atoms with E-state index in [0.717, 1.165) is 23.6 Å². The standard InChI is InChI=1S/C17H23N5O3/c1-11(2)17-18-19-20-22(17)10-16(23)21-6-5-12-7-14(24-3)15(25-4)8-13(12)9-21/h7-8,11H,5-6,9-10H2,1-4H3. The Labute approximate surface area is 146 Å². The Morgan fingerprint density at radius 1 is 1.20 bits per heavy atom. The van der Waals surface area contributed by atoms with Crippen molar-refractivity contribution in [2.24, 2.45) is 0 Å². The van der Waals surface area contributed by atoms with Crippen molar-refractivity contribution < 1.29 is 14.3 Å². The van der Waals surface area contributed by atoms with Crippen molar-refractivity contribution in [1.29, 1.82) is 0 Å². The maximum absolute atomic E-state index is 12.7. The molecule has 0 saturated carbocycles. The number of ether oxygens (including phenoxy) is 2. The fraction of sp³-hybridized carbons (Fsp3) is 0.529. The first-order chi connectivity index (χ1) is 12.0. The van der Waals surface area contributed by atoms with E-state index in [9.17, 15) is 4.79 Å². The second kappa shape index (κ2) is 7.08. The number of fused-ring (bicyclic) bond motifs is 1. The zero-order valence-corrected chi connectivity index (χ0v) is 15.0. The van der Waals surface area contributed by atoms with Crippen LogP contribution in [-0.4, -0.2) is 51.8 Å². The van der Waals surface area contributed by atoms with Gasteiger partial charge in [-0.15, -0.1) is 5.10 Å². The number of nitrogens with zero attached hydrogens (tertiary/aromatic N) is 5. The van der Waals surface area contributed by atoms with E-state index in [2.05, 4.69) is 15.5 Å². The van der Waals surface area contributed by atoms with Crippen LogP contribution in [0.5, 0.6) is 11.5 Å². The maximum atomic E-state index is 12.7. The lowest BCUT2D eigenvalue weighted by atomic mass is 9.98. The minimum absolute atomic E-state index is 0.00892. The number of rotatable bonds is 5. The molecule has 8 heteroatoms. The smallest absolute Gasteiger partial charge is 0.244 e. The Morgan fingerprint density at radius 3 is 2.52 bits per heavy atom. The number of hydrogen-bond acceptors (Lipinski definition) is 6. The van der Waals surface area contributed by atoms with Crippen molar-refractivity contribution in [3.05, 3.63) is 29.1 Å². The molecule has 0 atom stereocenters. The van der Waals surface area contributed by atoms with Crippen LogP contribution >= 0.6 is 0 Å². The van der Waals surface area contributed by atoms with Crippen LogP contribution in [0.15, 0.2) is 12.1 Å². The zero-order valence-electron chi connectivity index (χ0n) is 15.0. The van der Waals surface area contributed by atoms with Crippen molar-refractivity contribution in [1.82, 2.24) is 25.1 Å². The Hall–Kier alpha value is -2.64. The number of tetrazole rings is 1. The van der Waals surface area contributed by atoms with Crippen LogP contribution in [0.3, 0.4) is 0 Å². The molecule has 1 aliphatic heterocycles. The molecule has 8 nitrogen and oxygen atoms in total. The Kier molecular flexibility index (Phi) is 4.87.